The van der Waals surface area contributed by atoms with Gasteiger partial charge in [0.05, 0.1) is 12.8 Å². The summed E-state index contributed by atoms with van der Waals surface area (Å²) in [5.74, 6) is 0.672. The Hall–Kier alpha value is -1.88. The van der Waals surface area contributed by atoms with Crippen molar-refractivity contribution >= 4 is 0 Å². The van der Waals surface area contributed by atoms with E-state index in [1.54, 1.807) is 13.3 Å². The van der Waals surface area contributed by atoms with E-state index in [0.717, 1.165) is 24.2 Å². The lowest BCUT2D eigenvalue weighted by Gasteiger charge is -2.18. The second-order valence-corrected chi connectivity index (χ2v) is 4.74. The second kappa shape index (κ2) is 6.52. The van der Waals surface area contributed by atoms with Crippen molar-refractivity contribution in [2.24, 2.45) is 0 Å². The summed E-state index contributed by atoms with van der Waals surface area (Å²) in [6.45, 7) is 5.01. The molecular weight excluding hydrogens is 252 g/mol. The van der Waals surface area contributed by atoms with Crippen molar-refractivity contribution in [3.8, 4) is 5.88 Å². The molecule has 0 saturated carbocycles. The van der Waals surface area contributed by atoms with E-state index in [2.05, 4.69) is 28.4 Å². The standard InChI is InChI=1S/C15H22N4O/c1-5-19-12(9-11(2)18-19)10-14(16-3)13-7-6-8-17-15(13)20-4/h6-9,14,16H,5,10H2,1-4H3. The zero-order valence-corrected chi connectivity index (χ0v) is 12.6. The van der Waals surface area contributed by atoms with Gasteiger partial charge in [0.25, 0.3) is 0 Å². The Balaban J connectivity index is 2.28. The Labute approximate surface area is 120 Å². The molecule has 0 aromatic carbocycles. The highest BCUT2D eigenvalue weighted by Crippen LogP contribution is 2.25. The number of hydrogen-bond donors (Lipinski definition) is 1. The van der Waals surface area contributed by atoms with E-state index in [1.165, 1.54) is 5.69 Å². The third-order valence-electron chi connectivity index (χ3n) is 3.42. The fraction of sp³-hybridized carbons (Fsp3) is 0.467. The average molecular weight is 274 g/mol. The Bertz CT molecular complexity index is 565. The molecule has 108 valence electrons. The first-order chi connectivity index (χ1) is 9.69. The third-order valence-corrected chi connectivity index (χ3v) is 3.42. The summed E-state index contributed by atoms with van der Waals surface area (Å²) in [4.78, 5) is 4.27. The summed E-state index contributed by atoms with van der Waals surface area (Å²) in [6, 6.07) is 6.27. The number of aryl methyl sites for hydroxylation is 2. The zero-order valence-electron chi connectivity index (χ0n) is 12.6. The number of rotatable bonds is 6. The van der Waals surface area contributed by atoms with Gasteiger partial charge in [-0.25, -0.2) is 4.98 Å². The van der Waals surface area contributed by atoms with E-state index in [-0.39, 0.29) is 6.04 Å². The van der Waals surface area contributed by atoms with Crippen molar-refractivity contribution in [2.45, 2.75) is 32.9 Å². The van der Waals surface area contributed by atoms with Crippen LogP contribution in [0.1, 0.15) is 29.9 Å². The van der Waals surface area contributed by atoms with Crippen LogP contribution in [0, 0.1) is 6.92 Å². The van der Waals surface area contributed by atoms with Crippen molar-refractivity contribution in [3.63, 3.8) is 0 Å². The minimum atomic E-state index is 0.153. The van der Waals surface area contributed by atoms with Gasteiger partial charge in [-0.3, -0.25) is 4.68 Å². The number of hydrogen-bond acceptors (Lipinski definition) is 4. The van der Waals surface area contributed by atoms with Gasteiger partial charge in [-0.15, -0.1) is 0 Å². The molecule has 1 unspecified atom stereocenters. The van der Waals surface area contributed by atoms with E-state index < -0.39 is 0 Å². The number of ether oxygens (including phenoxy) is 1. The van der Waals surface area contributed by atoms with Crippen LogP contribution >= 0.6 is 0 Å². The third kappa shape index (κ3) is 2.99. The molecule has 2 rings (SSSR count). The van der Waals surface area contributed by atoms with E-state index in [1.807, 2.05) is 30.8 Å². The highest BCUT2D eigenvalue weighted by molar-refractivity contribution is 5.30. The molecule has 0 aliphatic rings. The Morgan fingerprint density at radius 1 is 1.45 bits per heavy atom. The molecule has 0 bridgehead atoms. The van der Waals surface area contributed by atoms with Gasteiger partial charge >= 0.3 is 0 Å². The summed E-state index contributed by atoms with van der Waals surface area (Å²) in [5.41, 5.74) is 3.34. The van der Waals surface area contributed by atoms with Crippen LogP contribution in [0.15, 0.2) is 24.4 Å². The number of aromatic nitrogens is 3. The predicted molar refractivity (Wildman–Crippen MR) is 78.9 cm³/mol. The minimum Gasteiger partial charge on any atom is -0.481 e. The molecule has 0 saturated heterocycles. The van der Waals surface area contributed by atoms with Gasteiger partial charge in [-0.1, -0.05) is 6.07 Å². The number of pyridine rings is 1. The van der Waals surface area contributed by atoms with Crippen molar-refractivity contribution in [1.82, 2.24) is 20.1 Å². The molecule has 5 heteroatoms. The van der Waals surface area contributed by atoms with Crippen LogP contribution in [0.5, 0.6) is 5.88 Å². The minimum absolute atomic E-state index is 0.153. The van der Waals surface area contributed by atoms with Crippen molar-refractivity contribution in [2.75, 3.05) is 14.2 Å². The molecule has 0 aliphatic heterocycles. The lowest BCUT2D eigenvalue weighted by Crippen LogP contribution is -2.21. The molecular formula is C15H22N4O. The largest absolute Gasteiger partial charge is 0.481 e. The maximum Gasteiger partial charge on any atom is 0.217 e. The Kier molecular flexibility index (Phi) is 4.74. The fourth-order valence-electron chi connectivity index (χ4n) is 2.45. The van der Waals surface area contributed by atoms with Gasteiger partial charge in [0, 0.05) is 36.5 Å². The van der Waals surface area contributed by atoms with E-state index in [4.69, 9.17) is 4.74 Å². The van der Waals surface area contributed by atoms with Crippen LogP contribution in [-0.4, -0.2) is 28.9 Å². The van der Waals surface area contributed by atoms with Crippen LogP contribution in [0.25, 0.3) is 0 Å². The second-order valence-electron chi connectivity index (χ2n) is 4.74. The lowest BCUT2D eigenvalue weighted by molar-refractivity contribution is 0.383. The maximum atomic E-state index is 5.35. The number of likely N-dealkylation sites (N-methyl/N-ethyl adjacent to an activating group) is 1. The van der Waals surface area contributed by atoms with Gasteiger partial charge in [0.15, 0.2) is 0 Å². The Morgan fingerprint density at radius 2 is 2.25 bits per heavy atom. The van der Waals surface area contributed by atoms with E-state index in [0.29, 0.717) is 5.88 Å². The molecule has 1 atom stereocenters. The summed E-state index contributed by atoms with van der Waals surface area (Å²) >= 11 is 0. The highest BCUT2D eigenvalue weighted by atomic mass is 16.5. The molecule has 2 aromatic rings. The molecule has 0 fully saturated rings. The lowest BCUT2D eigenvalue weighted by atomic mass is 10.0. The predicted octanol–water partition coefficient (Wildman–Crippen LogP) is 2.12. The summed E-state index contributed by atoms with van der Waals surface area (Å²) in [6.07, 6.45) is 2.60. The van der Waals surface area contributed by atoms with Gasteiger partial charge in [-0.05, 0) is 33.0 Å². The monoisotopic (exact) mass is 274 g/mol. The first-order valence-electron chi connectivity index (χ1n) is 6.89. The van der Waals surface area contributed by atoms with Crippen LogP contribution in [-0.2, 0) is 13.0 Å². The number of methoxy groups -OCH3 is 1. The Morgan fingerprint density at radius 3 is 2.90 bits per heavy atom. The number of nitrogens with one attached hydrogen (secondary N) is 1. The molecule has 0 spiro atoms. The normalized spacial score (nSPS) is 12.4. The van der Waals surface area contributed by atoms with Gasteiger partial charge < -0.3 is 10.1 Å². The smallest absolute Gasteiger partial charge is 0.217 e. The highest BCUT2D eigenvalue weighted by Gasteiger charge is 2.18. The van der Waals surface area contributed by atoms with Gasteiger partial charge in [0.1, 0.15) is 0 Å². The summed E-state index contributed by atoms with van der Waals surface area (Å²) in [5, 5.41) is 7.84. The van der Waals surface area contributed by atoms with Crippen molar-refractivity contribution < 1.29 is 4.74 Å². The molecule has 1 N–H and O–H groups in total. The molecule has 5 nitrogen and oxygen atoms in total. The molecule has 2 aromatic heterocycles. The van der Waals surface area contributed by atoms with Crippen LogP contribution < -0.4 is 10.1 Å². The van der Waals surface area contributed by atoms with Crippen LogP contribution in [0.4, 0.5) is 0 Å². The number of nitrogens with zero attached hydrogens (tertiary/aromatic N) is 3. The quantitative estimate of drug-likeness (QED) is 0.876. The molecule has 0 aliphatic carbocycles. The fourth-order valence-corrected chi connectivity index (χ4v) is 2.45. The molecule has 2 heterocycles. The molecule has 0 radical (unpaired) electrons. The molecule has 20 heavy (non-hydrogen) atoms. The first kappa shape index (κ1) is 14.5. The van der Waals surface area contributed by atoms with Gasteiger partial charge in [-0.2, -0.15) is 5.10 Å². The van der Waals surface area contributed by atoms with Crippen molar-refractivity contribution in [3.05, 3.63) is 41.3 Å². The van der Waals surface area contributed by atoms with Gasteiger partial charge in [0.2, 0.25) is 5.88 Å². The van der Waals surface area contributed by atoms with Crippen LogP contribution in [0.3, 0.4) is 0 Å². The van der Waals surface area contributed by atoms with E-state index in [9.17, 15) is 0 Å². The SMILES string of the molecule is CCn1nc(C)cc1CC(NC)c1cccnc1OC. The van der Waals surface area contributed by atoms with Crippen molar-refractivity contribution in [1.29, 1.82) is 0 Å². The summed E-state index contributed by atoms with van der Waals surface area (Å²) < 4.78 is 7.40. The topological polar surface area (TPSA) is 52.0 Å². The first-order valence-corrected chi connectivity index (χ1v) is 6.89. The molecule has 0 amide bonds. The maximum absolute atomic E-state index is 5.35. The van der Waals surface area contributed by atoms with Crippen LogP contribution in [0.2, 0.25) is 0 Å². The summed E-state index contributed by atoms with van der Waals surface area (Å²) in [7, 11) is 3.61. The van der Waals surface area contributed by atoms with E-state index >= 15 is 0 Å². The zero-order chi connectivity index (χ0) is 14.5. The average Bonchev–Trinajstić information content (AvgIpc) is 2.84.